The summed E-state index contributed by atoms with van der Waals surface area (Å²) in [4.78, 5) is 0. The lowest BCUT2D eigenvalue weighted by Gasteiger charge is -2.01. The second-order valence-electron chi connectivity index (χ2n) is 6.97. The minimum Gasteiger partial charge on any atom is -0.0654 e. The molecule has 1 heteroatoms. The molecule has 0 fully saturated rings. The van der Waals surface area contributed by atoms with Gasteiger partial charge in [0.15, 0.2) is 7.14 Å². The Hall–Kier alpha value is -0.830. The highest BCUT2D eigenvalue weighted by atomic mass is 127. The predicted molar refractivity (Wildman–Crippen MR) is 106 cm³/mol. The standard InChI is InChI=1S/C24H34I/c1-3-5-7-9-11-21-13-17-23(18-14-21)25-24-19-15-22(16-20-24)12-10-8-6-4-2/h13-20H,3-12H2,1-2H3/q+1. The van der Waals surface area contributed by atoms with Crippen LogP contribution in [0.25, 0.3) is 0 Å². The van der Waals surface area contributed by atoms with Crippen LogP contribution in [0.4, 0.5) is 0 Å². The van der Waals surface area contributed by atoms with Crippen LogP contribution in [0, 0.1) is 7.14 Å². The number of hydrogen-bond acceptors (Lipinski definition) is 0. The van der Waals surface area contributed by atoms with Crippen molar-refractivity contribution in [1.29, 1.82) is 0 Å². The lowest BCUT2D eigenvalue weighted by Crippen LogP contribution is -3.61. The summed E-state index contributed by atoms with van der Waals surface area (Å²) in [7, 11) is 0. The SMILES string of the molecule is CCCCCCc1ccc([I+]c2ccc(CCCCCC)cc2)cc1. The summed E-state index contributed by atoms with van der Waals surface area (Å²) in [5.74, 6) is 0. The molecule has 25 heavy (non-hydrogen) atoms. The third kappa shape index (κ3) is 8.40. The van der Waals surface area contributed by atoms with Gasteiger partial charge in [0.2, 0.25) is 0 Å². The smallest absolute Gasteiger partial charge is 0.0654 e. The molecule has 0 radical (unpaired) electrons. The molecule has 2 aromatic carbocycles. The van der Waals surface area contributed by atoms with Crippen LogP contribution in [0.5, 0.6) is 0 Å². The van der Waals surface area contributed by atoms with Crippen LogP contribution >= 0.6 is 0 Å². The zero-order valence-corrected chi connectivity index (χ0v) is 18.2. The minimum atomic E-state index is -0.0360. The molecule has 0 aromatic heterocycles. The van der Waals surface area contributed by atoms with E-state index in [-0.39, 0.29) is 21.2 Å². The summed E-state index contributed by atoms with van der Waals surface area (Å²) in [5.41, 5.74) is 3.01. The van der Waals surface area contributed by atoms with Gasteiger partial charge in [-0.25, -0.2) is 0 Å². The molecule has 0 bridgehead atoms. The van der Waals surface area contributed by atoms with Gasteiger partial charge in [-0.1, -0.05) is 76.6 Å². The predicted octanol–water partition coefficient (Wildman–Crippen LogP) is 4.06. The summed E-state index contributed by atoms with van der Waals surface area (Å²) < 4.78 is 3.07. The first-order valence-electron chi connectivity index (χ1n) is 10.1. The number of halogens is 1. The van der Waals surface area contributed by atoms with Gasteiger partial charge in [0.25, 0.3) is 0 Å². The molecule has 2 rings (SSSR count). The van der Waals surface area contributed by atoms with E-state index in [2.05, 4.69) is 62.4 Å². The van der Waals surface area contributed by atoms with Crippen LogP contribution in [0.1, 0.15) is 76.3 Å². The van der Waals surface area contributed by atoms with Crippen molar-refractivity contribution in [2.45, 2.75) is 78.1 Å². The average Bonchev–Trinajstić information content (AvgIpc) is 2.65. The third-order valence-electron chi connectivity index (χ3n) is 4.68. The summed E-state index contributed by atoms with van der Waals surface area (Å²) >= 11 is -0.0360. The Labute approximate surface area is 165 Å². The Bertz CT molecular complexity index is 515. The highest BCUT2D eigenvalue weighted by molar-refractivity contribution is 5.16. The van der Waals surface area contributed by atoms with E-state index >= 15 is 0 Å². The molecular formula is C24H34I+. The molecule has 0 unspecified atom stereocenters. The van der Waals surface area contributed by atoms with E-state index in [1.807, 2.05) is 0 Å². The quantitative estimate of drug-likeness (QED) is 0.339. The number of benzene rings is 2. The van der Waals surface area contributed by atoms with Crippen LogP contribution in [-0.4, -0.2) is 0 Å². The van der Waals surface area contributed by atoms with Crippen molar-refractivity contribution in [3.05, 3.63) is 66.8 Å². The summed E-state index contributed by atoms with van der Waals surface area (Å²) in [6.07, 6.45) is 13.3. The van der Waals surface area contributed by atoms with E-state index in [9.17, 15) is 0 Å². The third-order valence-corrected chi connectivity index (χ3v) is 7.37. The lowest BCUT2D eigenvalue weighted by atomic mass is 10.1. The zero-order valence-electron chi connectivity index (χ0n) is 16.1. The molecule has 0 N–H and O–H groups in total. The van der Waals surface area contributed by atoms with Gasteiger partial charge in [0, 0.05) is 0 Å². The second-order valence-corrected chi connectivity index (χ2v) is 10.00. The Morgan fingerprint density at radius 3 is 1.28 bits per heavy atom. The fourth-order valence-electron chi connectivity index (χ4n) is 3.07. The van der Waals surface area contributed by atoms with Crippen molar-refractivity contribution < 1.29 is 21.2 Å². The highest BCUT2D eigenvalue weighted by Crippen LogP contribution is 2.08. The highest BCUT2D eigenvalue weighted by Gasteiger charge is 2.15. The van der Waals surface area contributed by atoms with E-state index in [1.54, 1.807) is 0 Å². The van der Waals surface area contributed by atoms with Crippen molar-refractivity contribution in [1.82, 2.24) is 0 Å². The monoisotopic (exact) mass is 449 g/mol. The van der Waals surface area contributed by atoms with Gasteiger partial charge in [0.05, 0.1) is 0 Å². The molecule has 0 saturated heterocycles. The van der Waals surface area contributed by atoms with Gasteiger partial charge >= 0.3 is 21.2 Å². The maximum Gasteiger partial charge on any atom is 0.357 e. The number of aryl methyl sites for hydroxylation is 2. The van der Waals surface area contributed by atoms with Gasteiger partial charge in [-0.05, 0) is 61.1 Å². The van der Waals surface area contributed by atoms with Gasteiger partial charge < -0.3 is 0 Å². The molecule has 0 nitrogen and oxygen atoms in total. The summed E-state index contributed by atoms with van der Waals surface area (Å²) in [6, 6.07) is 18.8. The molecule has 0 saturated carbocycles. The summed E-state index contributed by atoms with van der Waals surface area (Å²) in [5, 5.41) is 0. The normalized spacial score (nSPS) is 11.0. The molecule has 0 atom stereocenters. The average molecular weight is 449 g/mol. The molecule has 0 heterocycles. The number of rotatable bonds is 12. The van der Waals surface area contributed by atoms with Crippen molar-refractivity contribution in [2.24, 2.45) is 0 Å². The maximum atomic E-state index is 2.36. The number of unbranched alkanes of at least 4 members (excludes halogenated alkanes) is 6. The van der Waals surface area contributed by atoms with Crippen molar-refractivity contribution in [3.63, 3.8) is 0 Å². The van der Waals surface area contributed by atoms with E-state index in [0.717, 1.165) is 0 Å². The Balaban J connectivity index is 1.77. The topological polar surface area (TPSA) is 0 Å². The number of hydrogen-bond donors (Lipinski definition) is 0. The van der Waals surface area contributed by atoms with E-state index in [4.69, 9.17) is 0 Å². The zero-order chi connectivity index (χ0) is 17.7. The van der Waals surface area contributed by atoms with Crippen molar-refractivity contribution in [3.8, 4) is 0 Å². The largest absolute Gasteiger partial charge is 0.357 e. The lowest BCUT2D eigenvalue weighted by molar-refractivity contribution is -0.597. The fourth-order valence-corrected chi connectivity index (χ4v) is 5.22. The van der Waals surface area contributed by atoms with Crippen molar-refractivity contribution >= 4 is 0 Å². The van der Waals surface area contributed by atoms with Crippen molar-refractivity contribution in [2.75, 3.05) is 0 Å². The summed E-state index contributed by atoms with van der Waals surface area (Å²) in [6.45, 7) is 4.55. The first-order chi connectivity index (χ1) is 12.3. The molecule has 2 aromatic rings. The van der Waals surface area contributed by atoms with E-state index < -0.39 is 0 Å². The van der Waals surface area contributed by atoms with Crippen LogP contribution < -0.4 is 21.2 Å². The minimum absolute atomic E-state index is 0.0360. The van der Waals surface area contributed by atoms with Crippen LogP contribution in [0.2, 0.25) is 0 Å². The van der Waals surface area contributed by atoms with Gasteiger partial charge in [0.1, 0.15) is 0 Å². The Morgan fingerprint density at radius 1 is 0.520 bits per heavy atom. The fraction of sp³-hybridized carbons (Fsp3) is 0.500. The van der Waals surface area contributed by atoms with E-state index in [0.29, 0.717) is 0 Å². The first kappa shape index (κ1) is 20.5. The Morgan fingerprint density at radius 2 is 0.920 bits per heavy atom. The van der Waals surface area contributed by atoms with Gasteiger partial charge in [-0.2, -0.15) is 0 Å². The molecule has 0 amide bonds. The van der Waals surface area contributed by atoms with E-state index in [1.165, 1.54) is 82.5 Å². The molecule has 0 aliphatic rings. The molecular weight excluding hydrogens is 415 g/mol. The molecule has 0 aliphatic heterocycles. The van der Waals surface area contributed by atoms with Crippen LogP contribution in [0.15, 0.2) is 48.5 Å². The van der Waals surface area contributed by atoms with Gasteiger partial charge in [-0.15, -0.1) is 0 Å². The molecule has 0 aliphatic carbocycles. The maximum absolute atomic E-state index is 2.36. The van der Waals surface area contributed by atoms with Gasteiger partial charge in [-0.3, -0.25) is 0 Å². The van der Waals surface area contributed by atoms with Crippen LogP contribution in [-0.2, 0) is 12.8 Å². The Kier molecular flexibility index (Phi) is 10.3. The van der Waals surface area contributed by atoms with Crippen LogP contribution in [0.3, 0.4) is 0 Å². The first-order valence-corrected chi connectivity index (χ1v) is 12.3. The molecule has 136 valence electrons. The second kappa shape index (κ2) is 12.5. The molecule has 0 spiro atoms.